The third-order valence-electron chi connectivity index (χ3n) is 7.02. The Morgan fingerprint density at radius 1 is 0.884 bits per heavy atom. The van der Waals surface area contributed by atoms with Crippen LogP contribution in [0.5, 0.6) is 17.2 Å². The summed E-state index contributed by atoms with van der Waals surface area (Å²) in [7, 11) is 0.0837. The molecule has 0 spiro atoms. The van der Waals surface area contributed by atoms with Gasteiger partial charge in [0.05, 0.1) is 31.9 Å². The molecular formula is C31H38ClN3O7S. The first kappa shape index (κ1) is 33.5. The highest BCUT2D eigenvalue weighted by Crippen LogP contribution is 2.32. The molecule has 0 aromatic heterocycles. The van der Waals surface area contributed by atoms with Gasteiger partial charge in [-0.05, 0) is 74.4 Å². The number of halogens is 1. The Balaban J connectivity index is 2.06. The van der Waals surface area contributed by atoms with Crippen molar-refractivity contribution in [2.75, 3.05) is 32.2 Å². The Morgan fingerprint density at radius 3 is 2.07 bits per heavy atom. The molecule has 0 fully saturated rings. The maximum atomic E-state index is 14.1. The third kappa shape index (κ3) is 8.32. The zero-order valence-corrected chi connectivity index (χ0v) is 26.7. The van der Waals surface area contributed by atoms with Gasteiger partial charge in [-0.1, -0.05) is 30.7 Å². The molecule has 0 aliphatic rings. The Morgan fingerprint density at radius 2 is 1.51 bits per heavy atom. The van der Waals surface area contributed by atoms with Gasteiger partial charge in [0.25, 0.3) is 10.0 Å². The van der Waals surface area contributed by atoms with Crippen LogP contribution < -0.4 is 23.8 Å². The molecule has 232 valence electrons. The minimum absolute atomic E-state index is 0.0583. The number of ether oxygens (including phenoxy) is 3. The number of rotatable bonds is 14. The average molecular weight is 632 g/mol. The molecular weight excluding hydrogens is 594 g/mol. The fourth-order valence-corrected chi connectivity index (χ4v) is 5.77. The summed E-state index contributed by atoms with van der Waals surface area (Å²) in [5.74, 6) is 0.266. The van der Waals surface area contributed by atoms with Crippen molar-refractivity contribution in [2.45, 2.75) is 50.7 Å². The van der Waals surface area contributed by atoms with Crippen molar-refractivity contribution < 1.29 is 32.2 Å². The van der Waals surface area contributed by atoms with Crippen molar-refractivity contribution in [2.24, 2.45) is 0 Å². The van der Waals surface area contributed by atoms with Crippen LogP contribution >= 0.6 is 11.6 Å². The van der Waals surface area contributed by atoms with Crippen LogP contribution in [-0.2, 0) is 26.2 Å². The molecule has 0 radical (unpaired) electrons. The molecule has 1 N–H and O–H groups in total. The highest BCUT2D eigenvalue weighted by atomic mass is 35.5. The van der Waals surface area contributed by atoms with Crippen LogP contribution in [0.4, 0.5) is 5.69 Å². The van der Waals surface area contributed by atoms with E-state index in [2.05, 4.69) is 5.32 Å². The number of carbonyl (C=O) groups excluding carboxylic acids is 2. The first-order valence-electron chi connectivity index (χ1n) is 13.7. The maximum Gasteiger partial charge on any atom is 0.264 e. The van der Waals surface area contributed by atoms with Gasteiger partial charge in [-0.15, -0.1) is 0 Å². The van der Waals surface area contributed by atoms with Gasteiger partial charge in [-0.3, -0.25) is 13.9 Å². The van der Waals surface area contributed by atoms with Crippen LogP contribution in [0.2, 0.25) is 5.02 Å². The quantitative estimate of drug-likeness (QED) is 0.269. The number of nitrogens with one attached hydrogen (secondary N) is 1. The van der Waals surface area contributed by atoms with E-state index in [0.717, 1.165) is 9.87 Å². The lowest BCUT2D eigenvalue weighted by atomic mass is 10.1. The summed E-state index contributed by atoms with van der Waals surface area (Å²) >= 11 is 6.09. The summed E-state index contributed by atoms with van der Waals surface area (Å²) < 4.78 is 45.0. The second-order valence-electron chi connectivity index (χ2n) is 9.87. The van der Waals surface area contributed by atoms with Crippen LogP contribution in [0.1, 0.15) is 32.8 Å². The molecule has 3 aromatic rings. The topological polar surface area (TPSA) is 114 Å². The molecule has 0 bridgehead atoms. The van der Waals surface area contributed by atoms with Gasteiger partial charge in [0.2, 0.25) is 11.8 Å². The number of hydrogen-bond acceptors (Lipinski definition) is 7. The second-order valence-corrected chi connectivity index (χ2v) is 12.2. The number of hydrogen-bond donors (Lipinski definition) is 1. The van der Waals surface area contributed by atoms with Crippen molar-refractivity contribution in [3.63, 3.8) is 0 Å². The number of sulfonamides is 1. The largest absolute Gasteiger partial charge is 0.497 e. The summed E-state index contributed by atoms with van der Waals surface area (Å²) in [5, 5.41) is 3.31. The van der Waals surface area contributed by atoms with E-state index in [-0.39, 0.29) is 34.8 Å². The van der Waals surface area contributed by atoms with Crippen LogP contribution in [0, 0.1) is 0 Å². The van der Waals surface area contributed by atoms with Gasteiger partial charge in [-0.2, -0.15) is 0 Å². The molecule has 10 nitrogen and oxygen atoms in total. The van der Waals surface area contributed by atoms with E-state index in [0.29, 0.717) is 22.9 Å². The fourth-order valence-electron chi connectivity index (χ4n) is 4.22. The Kier molecular flexibility index (Phi) is 11.7. The number of carbonyl (C=O) groups is 2. The molecule has 43 heavy (non-hydrogen) atoms. The van der Waals surface area contributed by atoms with E-state index < -0.39 is 28.5 Å². The van der Waals surface area contributed by atoms with Gasteiger partial charge >= 0.3 is 0 Å². The maximum absolute atomic E-state index is 14.1. The lowest BCUT2D eigenvalue weighted by Crippen LogP contribution is -2.52. The molecule has 3 aromatic carbocycles. The molecule has 2 atom stereocenters. The lowest BCUT2D eigenvalue weighted by molar-refractivity contribution is -0.139. The van der Waals surface area contributed by atoms with Crippen molar-refractivity contribution in [1.82, 2.24) is 10.2 Å². The number of nitrogens with zero attached hydrogens (tertiary/aromatic N) is 2. The molecule has 0 aliphatic carbocycles. The van der Waals surface area contributed by atoms with Crippen molar-refractivity contribution in [3.8, 4) is 17.2 Å². The second kappa shape index (κ2) is 15.0. The fraction of sp³-hybridized carbons (Fsp3) is 0.355. The molecule has 12 heteroatoms. The molecule has 0 saturated carbocycles. The van der Waals surface area contributed by atoms with Crippen LogP contribution in [0.3, 0.4) is 0 Å². The first-order valence-corrected chi connectivity index (χ1v) is 15.5. The standard InChI is InChI=1S/C31H38ClN3O7S/c1-7-21(2)33-31(37)22(3)34(19-23-8-14-26(40-4)15-9-23)30(36)20-35(25-12-10-24(32)11-13-25)43(38,39)27-16-17-28(41-5)29(18-27)42-6/h8-18,21-22H,7,19-20H2,1-6H3,(H,33,37)/t21-,22-/m1/s1. The predicted molar refractivity (Wildman–Crippen MR) is 166 cm³/mol. The lowest BCUT2D eigenvalue weighted by Gasteiger charge is -2.32. The minimum atomic E-state index is -4.31. The van der Waals surface area contributed by atoms with E-state index in [1.54, 1.807) is 38.3 Å². The minimum Gasteiger partial charge on any atom is -0.497 e. The summed E-state index contributed by atoms with van der Waals surface area (Å²) in [6.45, 7) is 4.91. The van der Waals surface area contributed by atoms with E-state index in [1.807, 2.05) is 13.8 Å². The number of methoxy groups -OCH3 is 3. The molecule has 3 rings (SSSR count). The van der Waals surface area contributed by atoms with E-state index >= 15 is 0 Å². The summed E-state index contributed by atoms with van der Waals surface area (Å²) in [5.41, 5.74) is 0.951. The Hall–Kier alpha value is -3.96. The molecule has 2 amide bonds. The van der Waals surface area contributed by atoms with Gasteiger partial charge < -0.3 is 24.4 Å². The molecule has 0 unspecified atom stereocenters. The Bertz CT molecular complexity index is 1500. The predicted octanol–water partition coefficient (Wildman–Crippen LogP) is 4.89. The average Bonchev–Trinajstić information content (AvgIpc) is 3.02. The van der Waals surface area contributed by atoms with Gasteiger partial charge in [0.15, 0.2) is 11.5 Å². The van der Waals surface area contributed by atoms with Crippen LogP contribution in [0.15, 0.2) is 71.6 Å². The van der Waals surface area contributed by atoms with Gasteiger partial charge in [0.1, 0.15) is 18.3 Å². The summed E-state index contributed by atoms with van der Waals surface area (Å²) in [6.07, 6.45) is 0.707. The number of amides is 2. The van der Waals surface area contributed by atoms with E-state index in [9.17, 15) is 18.0 Å². The van der Waals surface area contributed by atoms with Crippen LogP contribution in [0.25, 0.3) is 0 Å². The molecule has 0 saturated heterocycles. The zero-order chi connectivity index (χ0) is 31.7. The van der Waals surface area contributed by atoms with E-state index in [4.69, 9.17) is 25.8 Å². The highest BCUT2D eigenvalue weighted by Gasteiger charge is 2.33. The molecule has 0 heterocycles. The summed E-state index contributed by atoms with van der Waals surface area (Å²) in [4.78, 5) is 28.5. The zero-order valence-electron chi connectivity index (χ0n) is 25.2. The monoisotopic (exact) mass is 631 g/mol. The van der Waals surface area contributed by atoms with E-state index in [1.165, 1.54) is 61.6 Å². The number of anilines is 1. The SMILES string of the molecule is CC[C@@H](C)NC(=O)[C@@H](C)N(Cc1ccc(OC)cc1)C(=O)CN(c1ccc(Cl)cc1)S(=O)(=O)c1ccc(OC)c(OC)c1. The van der Waals surface area contributed by atoms with Crippen molar-refractivity contribution in [3.05, 3.63) is 77.3 Å². The molecule has 0 aliphatic heterocycles. The highest BCUT2D eigenvalue weighted by molar-refractivity contribution is 7.92. The number of benzene rings is 3. The van der Waals surface area contributed by atoms with Crippen molar-refractivity contribution in [1.29, 1.82) is 0 Å². The summed E-state index contributed by atoms with van der Waals surface area (Å²) in [6, 6.07) is 16.4. The normalized spacial score (nSPS) is 12.5. The third-order valence-corrected chi connectivity index (χ3v) is 9.04. The first-order chi connectivity index (χ1) is 20.4. The smallest absolute Gasteiger partial charge is 0.264 e. The van der Waals surface area contributed by atoms with Gasteiger partial charge in [0, 0.05) is 23.7 Å². The van der Waals surface area contributed by atoms with Gasteiger partial charge in [-0.25, -0.2) is 8.42 Å². The van der Waals surface area contributed by atoms with Crippen molar-refractivity contribution >= 4 is 39.1 Å². The Labute approximate surface area is 258 Å². The van der Waals surface area contributed by atoms with Crippen LogP contribution in [-0.4, -0.2) is 65.1 Å².